The Kier molecular flexibility index (Phi) is 11.0. The molecule has 5 aromatic rings. The third-order valence-corrected chi connectivity index (χ3v) is 8.12. The number of nitrogens with one attached hydrogen (secondary N) is 1. The molecule has 3 aromatic carbocycles. The number of primary amides is 1. The van der Waals surface area contributed by atoms with E-state index in [1.165, 1.54) is 12.7 Å². The molecule has 8 N–H and O–H groups in total. The molecule has 6 rings (SSSR count). The average Bonchev–Trinajstić information content (AvgIpc) is 3.55. The molecule has 3 heterocycles. The number of esters is 1. The van der Waals surface area contributed by atoms with Crippen molar-refractivity contribution in [3.05, 3.63) is 120 Å². The first kappa shape index (κ1) is 36.7. The number of methoxy groups -OCH3 is 1. The molecular formula is C33H33ClN8O8. The second-order valence-corrected chi connectivity index (χ2v) is 11.2. The Morgan fingerprint density at radius 3 is 2.34 bits per heavy atom. The van der Waals surface area contributed by atoms with Crippen LogP contribution in [0.3, 0.4) is 0 Å². The number of ether oxygens (including phenoxy) is 1. The van der Waals surface area contributed by atoms with Crippen LogP contribution in [-0.4, -0.2) is 56.9 Å². The summed E-state index contributed by atoms with van der Waals surface area (Å²) in [5.41, 5.74) is 19.6. The number of carbonyl (C=O) groups is 4. The van der Waals surface area contributed by atoms with E-state index >= 15 is 0 Å². The third kappa shape index (κ3) is 7.15. The minimum atomic E-state index is -1.34. The molecule has 16 nitrogen and oxygen atoms in total. The summed E-state index contributed by atoms with van der Waals surface area (Å²) in [5.74, 6) is -3.39. The molecule has 1 atom stereocenters. The number of carbonyl (C=O) groups excluding carboxylic acids is 3. The van der Waals surface area contributed by atoms with Crippen LogP contribution in [0.25, 0.3) is 5.65 Å². The molecule has 2 amide bonds. The van der Waals surface area contributed by atoms with Crippen LogP contribution < -0.4 is 38.3 Å². The number of anilines is 2. The lowest BCUT2D eigenvalue weighted by molar-refractivity contribution is 0.0599. The van der Waals surface area contributed by atoms with Crippen LogP contribution in [0.5, 0.6) is 0 Å². The van der Waals surface area contributed by atoms with Gasteiger partial charge in [0.2, 0.25) is 0 Å². The first-order valence-electron chi connectivity index (χ1n) is 14.9. The van der Waals surface area contributed by atoms with Gasteiger partial charge in [-0.1, -0.05) is 30.3 Å². The van der Waals surface area contributed by atoms with Gasteiger partial charge in [-0.15, -0.1) is 12.4 Å². The van der Waals surface area contributed by atoms with Gasteiger partial charge >= 0.3 is 11.9 Å². The summed E-state index contributed by atoms with van der Waals surface area (Å²) in [5, 5.41) is 12.1. The van der Waals surface area contributed by atoms with Gasteiger partial charge in [-0.2, -0.15) is 0 Å². The van der Waals surface area contributed by atoms with Gasteiger partial charge in [-0.3, -0.25) is 23.6 Å². The van der Waals surface area contributed by atoms with Gasteiger partial charge in [0, 0.05) is 25.7 Å². The predicted molar refractivity (Wildman–Crippen MR) is 184 cm³/mol. The standard InChI is InChI=1S/C19H17N5O6.C14H15N3O2.ClH/c1-9(10-3-5-11(6-4-10)19(29)30-2)22-17(26)12-7-13(18(27)28)24-8-21-14(15(20)25)16(24)23-12;15-6-8-1-2-9-3-4-17(7-10(9)5-8)12-11(16)13(18)14(12)19;/h3-9H,1-2H3,(H2,20,25)(H,22,26)(H,27,28);1-2,5H,3-4,6-7,15-16H2;1H/t9-;;/m0../s1. The van der Waals surface area contributed by atoms with E-state index in [0.717, 1.165) is 34.3 Å². The van der Waals surface area contributed by atoms with Crippen molar-refractivity contribution in [1.29, 1.82) is 0 Å². The fourth-order valence-electron chi connectivity index (χ4n) is 5.44. The number of hydrogen-bond acceptors (Lipinski definition) is 12. The van der Waals surface area contributed by atoms with E-state index in [-0.39, 0.29) is 40.8 Å². The summed E-state index contributed by atoms with van der Waals surface area (Å²) in [6.07, 6.45) is 1.94. The predicted octanol–water partition coefficient (Wildman–Crippen LogP) is 1.11. The van der Waals surface area contributed by atoms with Crippen LogP contribution in [0, 0.1) is 0 Å². The van der Waals surface area contributed by atoms with E-state index in [1.54, 1.807) is 31.2 Å². The molecule has 17 heteroatoms. The van der Waals surface area contributed by atoms with E-state index in [4.69, 9.17) is 17.2 Å². The lowest BCUT2D eigenvalue weighted by atomic mass is 9.96. The first-order valence-corrected chi connectivity index (χ1v) is 14.9. The topological polar surface area (TPSA) is 255 Å². The molecule has 0 unspecified atom stereocenters. The smallest absolute Gasteiger partial charge is 0.353 e. The molecule has 0 saturated heterocycles. The van der Waals surface area contributed by atoms with Crippen molar-refractivity contribution in [2.75, 3.05) is 24.3 Å². The van der Waals surface area contributed by atoms with Crippen molar-refractivity contribution < 1.29 is 29.0 Å². The minimum Gasteiger partial charge on any atom is -0.477 e. The van der Waals surface area contributed by atoms with E-state index in [9.17, 15) is 33.9 Å². The van der Waals surface area contributed by atoms with Crippen molar-refractivity contribution in [2.24, 2.45) is 11.5 Å². The molecule has 0 radical (unpaired) electrons. The molecule has 1 aliphatic rings. The van der Waals surface area contributed by atoms with Crippen LogP contribution >= 0.6 is 12.4 Å². The Bertz CT molecular complexity index is 2190. The van der Waals surface area contributed by atoms with E-state index in [0.29, 0.717) is 36.4 Å². The number of carboxylic acid groups (broad SMARTS) is 1. The average molecular weight is 705 g/mol. The number of benzene rings is 2. The number of rotatable bonds is 8. The van der Waals surface area contributed by atoms with Gasteiger partial charge in [0.15, 0.2) is 11.3 Å². The summed E-state index contributed by atoms with van der Waals surface area (Å²) in [6, 6.07) is 13.2. The maximum Gasteiger partial charge on any atom is 0.353 e. The summed E-state index contributed by atoms with van der Waals surface area (Å²) in [6.45, 7) is 3.52. The number of hydrogen-bond donors (Lipinski definition) is 5. The molecule has 0 fully saturated rings. The SMILES string of the molecule is COC(=O)c1ccc([C@H](C)NC(=O)c2cc(C(=O)O)n3cnc(C(N)=O)c3n2)cc1.Cl.NCc1ccc2c(c1)CN(c1c(N)c(=O)c1=O)CC2. The Labute approximate surface area is 290 Å². The zero-order valence-electron chi connectivity index (χ0n) is 26.8. The summed E-state index contributed by atoms with van der Waals surface area (Å²) in [7, 11) is 1.28. The Hall–Kier alpha value is -6.13. The van der Waals surface area contributed by atoms with Gasteiger partial charge in [-0.05, 0) is 47.7 Å². The second kappa shape index (κ2) is 15.0. The van der Waals surface area contributed by atoms with Crippen molar-refractivity contribution in [2.45, 2.75) is 32.5 Å². The molecule has 50 heavy (non-hydrogen) atoms. The number of aromatic carboxylic acids is 1. The van der Waals surface area contributed by atoms with Crippen molar-refractivity contribution in [1.82, 2.24) is 19.7 Å². The lowest BCUT2D eigenvalue weighted by Crippen LogP contribution is -2.44. The summed E-state index contributed by atoms with van der Waals surface area (Å²) < 4.78 is 5.70. The number of amides is 2. The number of nitrogens with two attached hydrogens (primary N) is 3. The van der Waals surface area contributed by atoms with Gasteiger partial charge in [0.05, 0.1) is 18.7 Å². The van der Waals surface area contributed by atoms with Gasteiger partial charge in [-0.25, -0.2) is 19.6 Å². The normalized spacial score (nSPS) is 12.6. The van der Waals surface area contributed by atoms with Gasteiger partial charge in [0.1, 0.15) is 29.1 Å². The summed E-state index contributed by atoms with van der Waals surface area (Å²) in [4.78, 5) is 79.7. The highest BCUT2D eigenvalue weighted by molar-refractivity contribution is 6.00. The number of fused-ring (bicyclic) bond motifs is 2. The third-order valence-electron chi connectivity index (χ3n) is 8.12. The fourth-order valence-corrected chi connectivity index (χ4v) is 5.44. The van der Waals surface area contributed by atoms with E-state index in [1.807, 2.05) is 11.0 Å². The van der Waals surface area contributed by atoms with E-state index < -0.39 is 40.7 Å². The van der Waals surface area contributed by atoms with Crippen molar-refractivity contribution in [3.63, 3.8) is 0 Å². The van der Waals surface area contributed by atoms with Crippen LogP contribution in [-0.2, 0) is 24.2 Å². The number of carboxylic acids is 1. The molecule has 0 spiro atoms. The molecular weight excluding hydrogens is 672 g/mol. The Morgan fingerprint density at radius 1 is 1.04 bits per heavy atom. The van der Waals surface area contributed by atoms with E-state index in [2.05, 4.69) is 32.2 Å². The number of nitrogens with zero attached hydrogens (tertiary/aromatic N) is 4. The van der Waals surface area contributed by atoms with Crippen LogP contribution in [0.4, 0.5) is 11.4 Å². The van der Waals surface area contributed by atoms with Gasteiger partial charge in [0.25, 0.3) is 22.7 Å². The highest BCUT2D eigenvalue weighted by Gasteiger charge is 2.27. The van der Waals surface area contributed by atoms with Crippen LogP contribution in [0.2, 0.25) is 0 Å². The van der Waals surface area contributed by atoms with Crippen LogP contribution in [0.15, 0.2) is 64.4 Å². The number of aromatic nitrogens is 3. The highest BCUT2D eigenvalue weighted by atomic mass is 35.5. The Balaban J connectivity index is 0.000000241. The minimum absolute atomic E-state index is 0. The Morgan fingerprint density at radius 2 is 1.74 bits per heavy atom. The van der Waals surface area contributed by atoms with Crippen LogP contribution in [0.1, 0.15) is 77.0 Å². The second-order valence-electron chi connectivity index (χ2n) is 11.2. The number of imidazole rings is 1. The molecule has 260 valence electrons. The zero-order valence-corrected chi connectivity index (χ0v) is 27.7. The number of nitrogen functional groups attached to an aromatic ring is 1. The van der Waals surface area contributed by atoms with Crippen molar-refractivity contribution in [3.8, 4) is 0 Å². The first-order chi connectivity index (χ1) is 23.3. The molecule has 0 bridgehead atoms. The molecule has 0 aliphatic carbocycles. The molecule has 0 saturated carbocycles. The quantitative estimate of drug-likeness (QED) is 0.112. The zero-order chi connectivity index (χ0) is 35.6. The summed E-state index contributed by atoms with van der Waals surface area (Å²) >= 11 is 0. The highest BCUT2D eigenvalue weighted by Crippen LogP contribution is 2.26. The monoisotopic (exact) mass is 704 g/mol. The van der Waals surface area contributed by atoms with Crippen molar-refractivity contribution >= 4 is 53.2 Å². The largest absolute Gasteiger partial charge is 0.477 e. The fraction of sp³-hybridized carbons (Fsp3) is 0.212. The maximum absolute atomic E-state index is 12.7. The molecule has 2 aromatic heterocycles. The van der Waals surface area contributed by atoms with Gasteiger partial charge < -0.3 is 37.3 Å². The lowest BCUT2D eigenvalue weighted by Gasteiger charge is -2.31. The molecule has 1 aliphatic heterocycles. The maximum atomic E-state index is 12.7. The number of halogens is 1.